The SMILES string of the molecule is CCC[C@H](NC(=O)c1ncnc2[nH]ccc12)C(=O)OC(C)(C)C. The zero-order valence-electron chi connectivity index (χ0n) is 13.8. The molecule has 0 saturated heterocycles. The summed E-state index contributed by atoms with van der Waals surface area (Å²) in [5, 5.41) is 3.34. The molecule has 0 radical (unpaired) electrons. The summed E-state index contributed by atoms with van der Waals surface area (Å²) >= 11 is 0. The minimum Gasteiger partial charge on any atom is -0.458 e. The van der Waals surface area contributed by atoms with E-state index in [1.165, 1.54) is 6.33 Å². The van der Waals surface area contributed by atoms with E-state index in [9.17, 15) is 9.59 Å². The number of carbonyl (C=O) groups excluding carboxylic acids is 2. The Hall–Kier alpha value is -2.44. The minimum atomic E-state index is -0.698. The second-order valence-corrected chi connectivity index (χ2v) is 6.31. The molecule has 2 N–H and O–H groups in total. The van der Waals surface area contributed by atoms with Gasteiger partial charge in [-0.15, -0.1) is 0 Å². The zero-order chi connectivity index (χ0) is 17.0. The first-order valence-corrected chi connectivity index (χ1v) is 7.63. The number of aromatic nitrogens is 3. The number of esters is 1. The highest BCUT2D eigenvalue weighted by Gasteiger charge is 2.27. The number of fused-ring (bicyclic) bond motifs is 1. The smallest absolute Gasteiger partial charge is 0.329 e. The molecule has 0 bridgehead atoms. The fourth-order valence-corrected chi connectivity index (χ4v) is 2.19. The highest BCUT2D eigenvalue weighted by atomic mass is 16.6. The van der Waals surface area contributed by atoms with Crippen molar-refractivity contribution in [1.29, 1.82) is 0 Å². The third kappa shape index (κ3) is 4.28. The summed E-state index contributed by atoms with van der Waals surface area (Å²) in [6, 6.07) is 1.03. The lowest BCUT2D eigenvalue weighted by molar-refractivity contribution is -0.157. The van der Waals surface area contributed by atoms with Crippen LogP contribution in [0.15, 0.2) is 18.6 Å². The second kappa shape index (κ2) is 6.76. The van der Waals surface area contributed by atoms with E-state index in [1.807, 2.05) is 6.92 Å². The molecule has 2 rings (SSSR count). The van der Waals surface area contributed by atoms with Crippen molar-refractivity contribution in [2.75, 3.05) is 0 Å². The topological polar surface area (TPSA) is 97.0 Å². The molecule has 1 amide bonds. The Labute approximate surface area is 134 Å². The minimum absolute atomic E-state index is 0.237. The molecule has 0 unspecified atom stereocenters. The van der Waals surface area contributed by atoms with E-state index in [2.05, 4.69) is 20.3 Å². The maximum Gasteiger partial charge on any atom is 0.329 e. The summed E-state index contributed by atoms with van der Waals surface area (Å²) < 4.78 is 5.37. The zero-order valence-corrected chi connectivity index (χ0v) is 13.8. The quantitative estimate of drug-likeness (QED) is 0.824. The Bertz CT molecular complexity index is 703. The van der Waals surface area contributed by atoms with E-state index in [0.29, 0.717) is 17.5 Å². The molecule has 0 aliphatic heterocycles. The number of H-pyrrole nitrogens is 1. The monoisotopic (exact) mass is 318 g/mol. The van der Waals surface area contributed by atoms with Gasteiger partial charge in [-0.05, 0) is 33.3 Å². The Morgan fingerprint density at radius 2 is 2.09 bits per heavy atom. The first-order chi connectivity index (χ1) is 10.8. The number of hydrogen-bond acceptors (Lipinski definition) is 5. The van der Waals surface area contributed by atoms with Crippen LogP contribution in [0.4, 0.5) is 0 Å². The van der Waals surface area contributed by atoms with Crippen LogP contribution < -0.4 is 5.32 Å². The summed E-state index contributed by atoms with van der Waals surface area (Å²) in [5.41, 5.74) is 0.215. The van der Waals surface area contributed by atoms with Gasteiger partial charge in [0.1, 0.15) is 29.3 Å². The molecule has 0 fully saturated rings. The van der Waals surface area contributed by atoms with Crippen molar-refractivity contribution < 1.29 is 14.3 Å². The van der Waals surface area contributed by atoms with Gasteiger partial charge in [0.05, 0.1) is 5.39 Å². The van der Waals surface area contributed by atoms with Crippen molar-refractivity contribution in [2.24, 2.45) is 0 Å². The van der Waals surface area contributed by atoms with Gasteiger partial charge < -0.3 is 15.0 Å². The van der Waals surface area contributed by atoms with E-state index in [1.54, 1.807) is 33.0 Å². The predicted molar refractivity (Wildman–Crippen MR) is 85.9 cm³/mol. The normalized spacial score (nSPS) is 12.9. The maximum absolute atomic E-state index is 12.5. The fraction of sp³-hybridized carbons (Fsp3) is 0.500. The van der Waals surface area contributed by atoms with Crippen LogP contribution in [0.3, 0.4) is 0 Å². The van der Waals surface area contributed by atoms with Crippen molar-refractivity contribution in [2.45, 2.75) is 52.2 Å². The molecular formula is C16H22N4O3. The van der Waals surface area contributed by atoms with Crippen molar-refractivity contribution in [3.05, 3.63) is 24.3 Å². The first kappa shape index (κ1) is 16.9. The number of nitrogens with one attached hydrogen (secondary N) is 2. The van der Waals surface area contributed by atoms with Gasteiger partial charge in [-0.1, -0.05) is 13.3 Å². The molecule has 0 aliphatic rings. The summed E-state index contributed by atoms with van der Waals surface area (Å²) in [4.78, 5) is 35.7. The largest absolute Gasteiger partial charge is 0.458 e. The number of nitrogens with zero attached hydrogens (tertiary/aromatic N) is 2. The standard InChI is InChI=1S/C16H22N4O3/c1-5-6-11(15(22)23-16(2,3)4)20-14(21)12-10-7-8-17-13(10)19-9-18-12/h7-9,11H,5-6H2,1-4H3,(H,20,21)(H,17,18,19)/t11-/m0/s1. The summed E-state index contributed by atoms with van der Waals surface area (Å²) in [6.45, 7) is 7.33. The van der Waals surface area contributed by atoms with Crippen LogP contribution in [-0.2, 0) is 9.53 Å². The molecule has 1 atom stereocenters. The van der Waals surface area contributed by atoms with Gasteiger partial charge in [-0.2, -0.15) is 0 Å². The van der Waals surface area contributed by atoms with Crippen LogP contribution in [0.5, 0.6) is 0 Å². The molecule has 7 nitrogen and oxygen atoms in total. The molecular weight excluding hydrogens is 296 g/mol. The Kier molecular flexibility index (Phi) is 4.98. The van der Waals surface area contributed by atoms with Gasteiger partial charge in [-0.3, -0.25) is 4.79 Å². The first-order valence-electron chi connectivity index (χ1n) is 7.63. The molecule has 2 heterocycles. The number of carbonyl (C=O) groups is 2. The van der Waals surface area contributed by atoms with Crippen LogP contribution in [0.25, 0.3) is 11.0 Å². The van der Waals surface area contributed by atoms with E-state index < -0.39 is 23.5 Å². The molecule has 124 valence electrons. The maximum atomic E-state index is 12.5. The Morgan fingerprint density at radius 1 is 1.35 bits per heavy atom. The highest BCUT2D eigenvalue weighted by Crippen LogP contribution is 2.14. The Balaban J connectivity index is 2.18. The van der Waals surface area contributed by atoms with Gasteiger partial charge in [-0.25, -0.2) is 14.8 Å². The second-order valence-electron chi connectivity index (χ2n) is 6.31. The van der Waals surface area contributed by atoms with Crippen molar-refractivity contribution in [3.63, 3.8) is 0 Å². The van der Waals surface area contributed by atoms with E-state index >= 15 is 0 Å². The predicted octanol–water partition coefficient (Wildman–Crippen LogP) is 2.20. The van der Waals surface area contributed by atoms with Crippen LogP contribution in [-0.4, -0.2) is 38.5 Å². The number of ether oxygens (including phenoxy) is 1. The van der Waals surface area contributed by atoms with Gasteiger partial charge in [0.2, 0.25) is 0 Å². The van der Waals surface area contributed by atoms with E-state index in [4.69, 9.17) is 4.74 Å². The summed E-state index contributed by atoms with van der Waals surface area (Å²) in [6.07, 6.45) is 4.25. The van der Waals surface area contributed by atoms with E-state index in [0.717, 1.165) is 6.42 Å². The number of rotatable bonds is 5. The lowest BCUT2D eigenvalue weighted by Gasteiger charge is -2.24. The van der Waals surface area contributed by atoms with Crippen LogP contribution in [0, 0.1) is 0 Å². The third-order valence-corrected chi connectivity index (χ3v) is 3.14. The average molecular weight is 318 g/mol. The molecule has 2 aromatic heterocycles. The fourth-order valence-electron chi connectivity index (χ4n) is 2.19. The summed E-state index contributed by atoms with van der Waals surface area (Å²) in [5.74, 6) is -0.853. The lowest BCUT2D eigenvalue weighted by Crippen LogP contribution is -2.44. The average Bonchev–Trinajstić information content (AvgIpc) is 2.93. The van der Waals surface area contributed by atoms with Gasteiger partial charge in [0, 0.05) is 6.20 Å². The van der Waals surface area contributed by atoms with Gasteiger partial charge >= 0.3 is 5.97 Å². The van der Waals surface area contributed by atoms with Crippen LogP contribution in [0.2, 0.25) is 0 Å². The molecule has 7 heteroatoms. The molecule has 0 spiro atoms. The molecule has 0 saturated carbocycles. The number of aromatic amines is 1. The molecule has 0 aromatic carbocycles. The van der Waals surface area contributed by atoms with E-state index in [-0.39, 0.29) is 5.69 Å². The van der Waals surface area contributed by atoms with Crippen LogP contribution in [0.1, 0.15) is 51.0 Å². The molecule has 2 aromatic rings. The number of amides is 1. The highest BCUT2D eigenvalue weighted by molar-refractivity contribution is 6.04. The lowest BCUT2D eigenvalue weighted by atomic mass is 10.1. The van der Waals surface area contributed by atoms with Crippen molar-refractivity contribution in [3.8, 4) is 0 Å². The number of hydrogen-bond donors (Lipinski definition) is 2. The molecule has 0 aliphatic carbocycles. The van der Waals surface area contributed by atoms with Gasteiger partial charge in [0.15, 0.2) is 0 Å². The summed E-state index contributed by atoms with van der Waals surface area (Å²) in [7, 11) is 0. The van der Waals surface area contributed by atoms with Crippen LogP contribution >= 0.6 is 0 Å². The third-order valence-electron chi connectivity index (χ3n) is 3.14. The van der Waals surface area contributed by atoms with Crippen molar-refractivity contribution >= 4 is 22.9 Å². The molecule has 23 heavy (non-hydrogen) atoms. The Morgan fingerprint density at radius 3 is 2.74 bits per heavy atom. The van der Waals surface area contributed by atoms with Gasteiger partial charge in [0.25, 0.3) is 5.91 Å². The van der Waals surface area contributed by atoms with Crippen molar-refractivity contribution in [1.82, 2.24) is 20.3 Å².